The van der Waals surface area contributed by atoms with Gasteiger partial charge in [-0.15, -0.1) is 0 Å². The lowest BCUT2D eigenvalue weighted by atomic mass is 10.0. The van der Waals surface area contributed by atoms with Gasteiger partial charge >= 0.3 is 0 Å². The van der Waals surface area contributed by atoms with Crippen LogP contribution in [0.1, 0.15) is 16.7 Å². The minimum Gasteiger partial charge on any atom is -0.379 e. The lowest BCUT2D eigenvalue weighted by Gasteiger charge is -2.27. The molecule has 0 saturated carbocycles. The molecule has 148 valence electrons. The molecule has 0 N–H and O–H groups in total. The Morgan fingerprint density at radius 1 is 1.07 bits per heavy atom. The van der Waals surface area contributed by atoms with E-state index in [1.807, 2.05) is 18.2 Å². The standard InChI is InChI=1S/C24H26N4O/c1-27(2)16-18-3-6-20(7-4-18)23-14-21(17-28-9-11-29-12-10-28)22-8-5-19(15-25)13-24(22)26-23/h3-8,13-14H,9-12,16-17H2,1-2H3. The summed E-state index contributed by atoms with van der Waals surface area (Å²) >= 11 is 0. The second kappa shape index (κ2) is 8.71. The van der Waals surface area contributed by atoms with Gasteiger partial charge in [0.1, 0.15) is 0 Å². The third kappa shape index (κ3) is 4.63. The molecule has 1 aliphatic rings. The molecule has 5 nitrogen and oxygen atoms in total. The normalized spacial score (nSPS) is 15.0. The number of pyridine rings is 1. The monoisotopic (exact) mass is 386 g/mol. The van der Waals surface area contributed by atoms with Crippen molar-refractivity contribution in [3.8, 4) is 17.3 Å². The molecule has 5 heteroatoms. The van der Waals surface area contributed by atoms with Gasteiger partial charge in [-0.25, -0.2) is 4.98 Å². The summed E-state index contributed by atoms with van der Waals surface area (Å²) < 4.78 is 5.49. The molecule has 3 aromatic rings. The molecule has 2 heterocycles. The first-order valence-corrected chi connectivity index (χ1v) is 10.0. The number of rotatable bonds is 5. The third-order valence-electron chi connectivity index (χ3n) is 5.27. The van der Waals surface area contributed by atoms with E-state index in [0.717, 1.165) is 61.6 Å². The van der Waals surface area contributed by atoms with Crippen molar-refractivity contribution < 1.29 is 4.74 Å². The maximum atomic E-state index is 9.31. The van der Waals surface area contributed by atoms with Crippen LogP contribution in [0.15, 0.2) is 48.5 Å². The van der Waals surface area contributed by atoms with Crippen molar-refractivity contribution >= 4 is 10.9 Å². The molecule has 1 saturated heterocycles. The fourth-order valence-electron chi connectivity index (χ4n) is 3.80. The Morgan fingerprint density at radius 3 is 2.52 bits per heavy atom. The second-order valence-corrected chi connectivity index (χ2v) is 7.83. The Balaban J connectivity index is 1.74. The van der Waals surface area contributed by atoms with Crippen LogP contribution in [0.5, 0.6) is 0 Å². The van der Waals surface area contributed by atoms with Crippen LogP contribution in [-0.4, -0.2) is 55.2 Å². The summed E-state index contributed by atoms with van der Waals surface area (Å²) in [4.78, 5) is 9.47. The van der Waals surface area contributed by atoms with Gasteiger partial charge in [0.15, 0.2) is 0 Å². The topological polar surface area (TPSA) is 52.4 Å². The molecule has 1 aliphatic heterocycles. The number of nitriles is 1. The van der Waals surface area contributed by atoms with E-state index in [1.165, 1.54) is 11.1 Å². The number of hydrogen-bond donors (Lipinski definition) is 0. The number of hydrogen-bond acceptors (Lipinski definition) is 5. The van der Waals surface area contributed by atoms with E-state index in [1.54, 1.807) is 0 Å². The van der Waals surface area contributed by atoms with Crippen molar-refractivity contribution in [2.24, 2.45) is 0 Å². The van der Waals surface area contributed by atoms with E-state index < -0.39 is 0 Å². The molecule has 0 radical (unpaired) electrons. The summed E-state index contributed by atoms with van der Waals surface area (Å²) in [6.07, 6.45) is 0. The lowest BCUT2D eigenvalue weighted by molar-refractivity contribution is 0.0344. The molecule has 1 fully saturated rings. The Morgan fingerprint density at radius 2 is 1.83 bits per heavy atom. The van der Waals surface area contributed by atoms with E-state index in [0.29, 0.717) is 5.56 Å². The number of ether oxygens (including phenoxy) is 1. The molecule has 0 spiro atoms. The molecule has 0 bridgehead atoms. The molecule has 0 atom stereocenters. The number of morpholine rings is 1. The quantitative estimate of drug-likeness (QED) is 0.670. The minimum absolute atomic E-state index is 0.640. The van der Waals surface area contributed by atoms with Gasteiger partial charge in [0, 0.05) is 37.1 Å². The van der Waals surface area contributed by atoms with Crippen LogP contribution in [0.3, 0.4) is 0 Å². The van der Waals surface area contributed by atoms with Crippen LogP contribution in [0, 0.1) is 11.3 Å². The van der Waals surface area contributed by atoms with Crippen LogP contribution in [0.4, 0.5) is 0 Å². The summed E-state index contributed by atoms with van der Waals surface area (Å²) in [6, 6.07) is 18.8. The van der Waals surface area contributed by atoms with E-state index in [2.05, 4.69) is 60.3 Å². The third-order valence-corrected chi connectivity index (χ3v) is 5.27. The number of fused-ring (bicyclic) bond motifs is 1. The van der Waals surface area contributed by atoms with Gasteiger partial charge in [-0.1, -0.05) is 30.3 Å². The predicted octanol–water partition coefficient (Wildman–Crippen LogP) is 3.67. The molecule has 1 aromatic heterocycles. The average molecular weight is 386 g/mol. The summed E-state index contributed by atoms with van der Waals surface area (Å²) in [5.74, 6) is 0. The van der Waals surface area contributed by atoms with Crippen molar-refractivity contribution in [3.05, 3.63) is 65.2 Å². The van der Waals surface area contributed by atoms with E-state index >= 15 is 0 Å². The zero-order valence-corrected chi connectivity index (χ0v) is 17.1. The average Bonchev–Trinajstić information content (AvgIpc) is 2.74. The predicted molar refractivity (Wildman–Crippen MR) is 115 cm³/mol. The Labute approximate surface area is 172 Å². The lowest BCUT2D eigenvalue weighted by Crippen LogP contribution is -2.35. The van der Waals surface area contributed by atoms with Crippen molar-refractivity contribution in [2.45, 2.75) is 13.1 Å². The molecule has 0 amide bonds. The summed E-state index contributed by atoms with van der Waals surface area (Å²) in [7, 11) is 4.15. The molecule has 2 aromatic carbocycles. The van der Waals surface area contributed by atoms with Gasteiger partial charge in [-0.2, -0.15) is 5.26 Å². The van der Waals surface area contributed by atoms with Crippen LogP contribution >= 0.6 is 0 Å². The molecule has 4 rings (SSSR count). The van der Waals surface area contributed by atoms with Gasteiger partial charge in [0.25, 0.3) is 0 Å². The van der Waals surface area contributed by atoms with Crippen LogP contribution < -0.4 is 0 Å². The van der Waals surface area contributed by atoms with Gasteiger partial charge in [0.2, 0.25) is 0 Å². The zero-order valence-electron chi connectivity index (χ0n) is 17.1. The maximum absolute atomic E-state index is 9.31. The highest BCUT2D eigenvalue weighted by Gasteiger charge is 2.15. The van der Waals surface area contributed by atoms with Crippen LogP contribution in [0.25, 0.3) is 22.2 Å². The smallest absolute Gasteiger partial charge is 0.0992 e. The Kier molecular flexibility index (Phi) is 5.86. The van der Waals surface area contributed by atoms with Crippen LogP contribution in [-0.2, 0) is 17.8 Å². The first-order valence-electron chi connectivity index (χ1n) is 10.0. The molecular formula is C24H26N4O. The fourth-order valence-corrected chi connectivity index (χ4v) is 3.80. The SMILES string of the molecule is CN(C)Cc1ccc(-c2cc(CN3CCOCC3)c3ccc(C#N)cc3n2)cc1. The highest BCUT2D eigenvalue weighted by Crippen LogP contribution is 2.27. The number of nitrogens with zero attached hydrogens (tertiary/aromatic N) is 4. The molecule has 29 heavy (non-hydrogen) atoms. The Bertz CT molecular complexity index is 1030. The maximum Gasteiger partial charge on any atom is 0.0992 e. The molecular weight excluding hydrogens is 360 g/mol. The minimum atomic E-state index is 0.640. The van der Waals surface area contributed by atoms with Crippen molar-refractivity contribution in [3.63, 3.8) is 0 Å². The van der Waals surface area contributed by atoms with Gasteiger partial charge in [0.05, 0.1) is 36.1 Å². The summed E-state index contributed by atoms with van der Waals surface area (Å²) in [5.41, 5.74) is 6.09. The van der Waals surface area contributed by atoms with Crippen molar-refractivity contribution in [2.75, 3.05) is 40.4 Å². The highest BCUT2D eigenvalue weighted by atomic mass is 16.5. The summed E-state index contributed by atoms with van der Waals surface area (Å²) in [5, 5.41) is 10.4. The first-order chi connectivity index (χ1) is 14.1. The molecule has 0 unspecified atom stereocenters. The molecule has 0 aliphatic carbocycles. The number of benzene rings is 2. The fraction of sp³-hybridized carbons (Fsp3) is 0.333. The van der Waals surface area contributed by atoms with Crippen LogP contribution in [0.2, 0.25) is 0 Å². The van der Waals surface area contributed by atoms with Gasteiger partial charge in [-0.3, -0.25) is 4.90 Å². The zero-order chi connectivity index (χ0) is 20.2. The second-order valence-electron chi connectivity index (χ2n) is 7.83. The van der Waals surface area contributed by atoms with E-state index in [-0.39, 0.29) is 0 Å². The van der Waals surface area contributed by atoms with E-state index in [4.69, 9.17) is 9.72 Å². The highest BCUT2D eigenvalue weighted by molar-refractivity contribution is 5.86. The summed E-state index contributed by atoms with van der Waals surface area (Å²) in [6.45, 7) is 5.21. The Hall–Kier alpha value is -2.78. The van der Waals surface area contributed by atoms with E-state index in [9.17, 15) is 5.26 Å². The van der Waals surface area contributed by atoms with Crippen molar-refractivity contribution in [1.29, 1.82) is 5.26 Å². The van der Waals surface area contributed by atoms with Gasteiger partial charge in [-0.05, 0) is 43.4 Å². The van der Waals surface area contributed by atoms with Gasteiger partial charge < -0.3 is 9.64 Å². The number of aromatic nitrogens is 1. The largest absolute Gasteiger partial charge is 0.379 e. The van der Waals surface area contributed by atoms with Crippen molar-refractivity contribution in [1.82, 2.24) is 14.8 Å². The first kappa shape index (κ1) is 19.5.